The molecule has 0 amide bonds. The summed E-state index contributed by atoms with van der Waals surface area (Å²) in [5.74, 6) is 4.22. The maximum Gasteiger partial charge on any atom is 0.436 e. The molecule has 0 unspecified atom stereocenters. The van der Waals surface area contributed by atoms with E-state index in [-0.39, 0.29) is 5.92 Å². The molecule has 4 heterocycles. The van der Waals surface area contributed by atoms with Gasteiger partial charge in [0.05, 0.1) is 34.1 Å². The summed E-state index contributed by atoms with van der Waals surface area (Å²) in [7, 11) is 0. The van der Waals surface area contributed by atoms with E-state index in [1.807, 2.05) is 0 Å². The molecule has 376 valence electrons. The summed E-state index contributed by atoms with van der Waals surface area (Å²) in [6, 6.07) is 91.1. The molecule has 4 aliphatic rings. The molecule has 8 nitrogen and oxygen atoms in total. The van der Waals surface area contributed by atoms with Crippen molar-refractivity contribution in [3.05, 3.63) is 266 Å². The summed E-state index contributed by atoms with van der Waals surface area (Å²) in [6.07, 6.45) is 0. The van der Waals surface area contributed by atoms with Crippen LogP contribution in [-0.2, 0) is 0 Å². The maximum absolute atomic E-state index is 7.64. The normalized spacial score (nSPS) is 13.1. The molecule has 0 bridgehead atoms. The van der Waals surface area contributed by atoms with Crippen molar-refractivity contribution in [3.8, 4) is 34.5 Å². The number of ether oxygens (including phenoxy) is 2. The van der Waals surface area contributed by atoms with Gasteiger partial charge in [-0.25, -0.2) is 0 Å². The van der Waals surface area contributed by atoms with Crippen LogP contribution in [0.4, 0.5) is 68.2 Å². The van der Waals surface area contributed by atoms with Crippen molar-refractivity contribution >= 4 is 104 Å². The maximum atomic E-state index is 7.64. The number of anilines is 12. The predicted octanol–water partition coefficient (Wildman–Crippen LogP) is 15.9. The molecular formula is C69H50B2N4O4. The summed E-state index contributed by atoms with van der Waals surface area (Å²) in [5, 5.41) is 0. The average molecular weight is 1020 g/mol. The van der Waals surface area contributed by atoms with E-state index in [0.717, 1.165) is 107 Å². The first-order chi connectivity index (χ1) is 39.0. The highest BCUT2D eigenvalue weighted by molar-refractivity contribution is 6.87. The van der Waals surface area contributed by atoms with Gasteiger partial charge >= 0.3 is 13.8 Å². The zero-order chi connectivity index (χ0) is 52.6. The Bertz CT molecular complexity index is 3760. The second-order valence-corrected chi connectivity index (χ2v) is 20.5. The highest BCUT2D eigenvalue weighted by Crippen LogP contribution is 2.52. The minimum Gasteiger partial charge on any atom is -0.550 e. The third-order valence-electron chi connectivity index (χ3n) is 15.4. The molecule has 0 spiro atoms. The quantitative estimate of drug-likeness (QED) is 0.133. The van der Waals surface area contributed by atoms with Gasteiger partial charge in [-0.05, 0) is 115 Å². The van der Waals surface area contributed by atoms with Crippen LogP contribution in [0.1, 0.15) is 25.3 Å². The fourth-order valence-corrected chi connectivity index (χ4v) is 12.1. The fraction of sp³-hybridized carbons (Fsp3) is 0.0435. The molecule has 4 aliphatic heterocycles. The minimum absolute atomic E-state index is 0.0786. The molecule has 79 heavy (non-hydrogen) atoms. The van der Waals surface area contributed by atoms with Crippen molar-refractivity contribution in [2.24, 2.45) is 0 Å². The number of rotatable bonds is 9. The minimum atomic E-state index is -0.616. The summed E-state index contributed by atoms with van der Waals surface area (Å²) >= 11 is 0. The standard InChI is InChI=1S/C69H50B2N4O4/c1-46(2)65-68-55(70-66-59(74(51-33-17-7-18-34-51)57-37-21-23-39-61(57)78-70)41-53(43-63(66)76-68)72(47-25-9-3-10-26-47)48-27-11-4-12-28-48)45-56-69(65)77-64-44-54(73(49-29-13-5-14-30-49)50-31-15-6-16-32-50)42-60-67(64)71(56)79-62-40-24-22-38-58(62)75(60)52-35-19-8-20-36-52/h3-46H,1-2H3. The Kier molecular flexibility index (Phi) is 11.1. The molecule has 10 heteroatoms. The van der Waals surface area contributed by atoms with Crippen LogP contribution in [0.3, 0.4) is 0 Å². The van der Waals surface area contributed by atoms with Gasteiger partial charge in [-0.3, -0.25) is 0 Å². The molecule has 0 fully saturated rings. The molecule has 0 saturated carbocycles. The van der Waals surface area contributed by atoms with Gasteiger partial charge in [0.25, 0.3) is 0 Å². The van der Waals surface area contributed by atoms with E-state index in [9.17, 15) is 0 Å². The Balaban J connectivity index is 0.999. The Morgan fingerprint density at radius 1 is 0.329 bits per heavy atom. The number of nitrogens with zero attached hydrogens (tertiary/aromatic N) is 4. The lowest BCUT2D eigenvalue weighted by molar-refractivity contribution is 0.445. The number of benzene rings is 11. The molecule has 11 aromatic rings. The third-order valence-corrected chi connectivity index (χ3v) is 15.4. The van der Waals surface area contributed by atoms with Gasteiger partial charge in [-0.2, -0.15) is 0 Å². The summed E-state index contributed by atoms with van der Waals surface area (Å²) in [5.41, 5.74) is 16.2. The Labute approximate surface area is 460 Å². The largest absolute Gasteiger partial charge is 0.550 e. The predicted molar refractivity (Wildman–Crippen MR) is 324 cm³/mol. The molecule has 0 aromatic heterocycles. The number of hydrogen-bond donors (Lipinski definition) is 0. The van der Waals surface area contributed by atoms with Crippen LogP contribution in [-0.4, -0.2) is 13.8 Å². The van der Waals surface area contributed by atoms with E-state index in [4.69, 9.17) is 18.8 Å². The Hall–Kier alpha value is -10.1. The first-order valence-electron chi connectivity index (χ1n) is 27.0. The third kappa shape index (κ3) is 7.70. The van der Waals surface area contributed by atoms with Crippen LogP contribution in [0.25, 0.3) is 0 Å². The molecule has 0 aliphatic carbocycles. The summed E-state index contributed by atoms with van der Waals surface area (Å²) in [6.45, 7) is 3.21. The number of hydrogen-bond acceptors (Lipinski definition) is 8. The molecule has 0 saturated heterocycles. The zero-order valence-corrected chi connectivity index (χ0v) is 43.5. The average Bonchev–Trinajstić information content (AvgIpc) is 3.55. The smallest absolute Gasteiger partial charge is 0.436 e. The van der Waals surface area contributed by atoms with Crippen molar-refractivity contribution in [1.29, 1.82) is 0 Å². The van der Waals surface area contributed by atoms with E-state index in [2.05, 4.69) is 294 Å². The molecule has 0 atom stereocenters. The van der Waals surface area contributed by atoms with Crippen LogP contribution < -0.4 is 60.2 Å². The molecular weight excluding hydrogens is 970 g/mol. The summed E-state index contributed by atoms with van der Waals surface area (Å²) in [4.78, 5) is 9.24. The van der Waals surface area contributed by atoms with E-state index in [1.165, 1.54) is 0 Å². The molecule has 0 radical (unpaired) electrons. The van der Waals surface area contributed by atoms with Crippen LogP contribution in [0.5, 0.6) is 34.5 Å². The lowest BCUT2D eigenvalue weighted by Gasteiger charge is -2.36. The lowest BCUT2D eigenvalue weighted by atomic mass is 9.47. The van der Waals surface area contributed by atoms with Gasteiger partial charge in [0.2, 0.25) is 0 Å². The SMILES string of the molecule is CC(C)c1c2c(cc3c1Oc1cc(N(c4ccccc4)c4ccccc4)cc4c1B3Oc1ccccc1N4c1ccccc1)B1Oc3ccccc3N(c3ccccc3)c3cc(N(c4ccccc4)c4ccccc4)cc(c31)O2. The highest BCUT2D eigenvalue weighted by atomic mass is 16.5. The lowest BCUT2D eigenvalue weighted by Crippen LogP contribution is -2.57. The van der Waals surface area contributed by atoms with Crippen molar-refractivity contribution in [2.45, 2.75) is 19.8 Å². The Morgan fingerprint density at radius 2 is 0.658 bits per heavy atom. The van der Waals surface area contributed by atoms with E-state index in [1.54, 1.807) is 0 Å². The topological polar surface area (TPSA) is 49.9 Å². The van der Waals surface area contributed by atoms with Gasteiger partial charge in [0.1, 0.15) is 34.5 Å². The van der Waals surface area contributed by atoms with Crippen molar-refractivity contribution in [3.63, 3.8) is 0 Å². The van der Waals surface area contributed by atoms with Gasteiger partial charge in [0, 0.05) is 73.7 Å². The number of para-hydroxylation sites is 10. The molecule has 0 N–H and O–H groups in total. The first kappa shape index (κ1) is 46.3. The molecule has 11 aromatic carbocycles. The van der Waals surface area contributed by atoms with Crippen LogP contribution in [0, 0.1) is 0 Å². The number of fused-ring (bicyclic) bond motifs is 6. The highest BCUT2D eigenvalue weighted by Gasteiger charge is 2.49. The van der Waals surface area contributed by atoms with Crippen molar-refractivity contribution in [1.82, 2.24) is 0 Å². The summed E-state index contributed by atoms with van der Waals surface area (Å²) < 4.78 is 30.4. The van der Waals surface area contributed by atoms with Crippen molar-refractivity contribution < 1.29 is 18.8 Å². The van der Waals surface area contributed by atoms with Crippen LogP contribution in [0.15, 0.2) is 261 Å². The second kappa shape index (κ2) is 18.9. The van der Waals surface area contributed by atoms with E-state index in [0.29, 0.717) is 23.0 Å². The zero-order valence-electron chi connectivity index (χ0n) is 43.5. The second-order valence-electron chi connectivity index (χ2n) is 20.5. The van der Waals surface area contributed by atoms with Gasteiger partial charge in [0.15, 0.2) is 0 Å². The van der Waals surface area contributed by atoms with Gasteiger partial charge < -0.3 is 38.4 Å². The monoisotopic (exact) mass is 1020 g/mol. The van der Waals surface area contributed by atoms with Crippen LogP contribution in [0.2, 0.25) is 0 Å². The molecule has 15 rings (SSSR count). The van der Waals surface area contributed by atoms with Crippen molar-refractivity contribution in [2.75, 3.05) is 19.6 Å². The van der Waals surface area contributed by atoms with E-state index >= 15 is 0 Å². The Morgan fingerprint density at radius 3 is 1.01 bits per heavy atom. The fourth-order valence-electron chi connectivity index (χ4n) is 12.1. The van der Waals surface area contributed by atoms with Crippen LogP contribution >= 0.6 is 0 Å². The first-order valence-corrected chi connectivity index (χ1v) is 27.0. The van der Waals surface area contributed by atoms with E-state index < -0.39 is 13.8 Å². The van der Waals surface area contributed by atoms with Gasteiger partial charge in [-0.1, -0.05) is 153 Å². The van der Waals surface area contributed by atoms with Gasteiger partial charge in [-0.15, -0.1) is 0 Å².